The van der Waals surface area contributed by atoms with Gasteiger partial charge in [-0.2, -0.15) is 27.1 Å². The van der Waals surface area contributed by atoms with Crippen LogP contribution < -0.4 is 10.1 Å². The lowest BCUT2D eigenvalue weighted by molar-refractivity contribution is -0.135. The Kier molecular flexibility index (Phi) is 9.20. The number of benzene rings is 1. The van der Waals surface area contributed by atoms with E-state index in [1.165, 1.54) is 16.8 Å². The smallest absolute Gasteiger partial charge is 0.389 e. The van der Waals surface area contributed by atoms with Gasteiger partial charge in [0.15, 0.2) is 5.69 Å². The molecule has 1 aromatic heterocycles. The van der Waals surface area contributed by atoms with Gasteiger partial charge in [-0.1, -0.05) is 13.0 Å². The van der Waals surface area contributed by atoms with E-state index < -0.39 is 30.7 Å². The molecule has 1 aromatic carbocycles. The number of ether oxygens (including phenoxy) is 1. The van der Waals surface area contributed by atoms with Crippen LogP contribution in [0.5, 0.6) is 5.75 Å². The summed E-state index contributed by atoms with van der Waals surface area (Å²) < 4.78 is 70.2. The molecule has 1 aliphatic rings. The zero-order valence-corrected chi connectivity index (χ0v) is 21.3. The molecule has 0 aliphatic heterocycles. The fourth-order valence-electron chi connectivity index (χ4n) is 4.75. The zero-order valence-electron chi connectivity index (χ0n) is 21.3. The predicted molar refractivity (Wildman–Crippen MR) is 129 cm³/mol. The van der Waals surface area contributed by atoms with E-state index in [9.17, 15) is 31.9 Å². The number of halogens is 5. The number of carbonyl (C=O) groups excluding carboxylic acids is 1. The van der Waals surface area contributed by atoms with Gasteiger partial charge in [0.25, 0.3) is 5.91 Å². The maximum absolute atomic E-state index is 13.2. The number of rotatable bonds is 10. The van der Waals surface area contributed by atoms with Gasteiger partial charge in [-0.3, -0.25) is 9.48 Å². The molecule has 0 bridgehead atoms. The van der Waals surface area contributed by atoms with E-state index in [2.05, 4.69) is 17.3 Å². The molecule has 37 heavy (non-hydrogen) atoms. The van der Waals surface area contributed by atoms with Crippen LogP contribution >= 0.6 is 0 Å². The van der Waals surface area contributed by atoms with E-state index in [0.717, 1.165) is 12.8 Å². The number of carbonyl (C=O) groups is 1. The maximum atomic E-state index is 13.2. The Bertz CT molecular complexity index is 1080. The molecule has 2 aromatic rings. The highest BCUT2D eigenvalue weighted by atomic mass is 19.4. The van der Waals surface area contributed by atoms with E-state index in [1.807, 2.05) is 0 Å². The zero-order chi connectivity index (χ0) is 27.4. The van der Waals surface area contributed by atoms with Crippen molar-refractivity contribution in [2.45, 2.75) is 90.7 Å². The van der Waals surface area contributed by atoms with Gasteiger partial charge in [0, 0.05) is 30.6 Å². The van der Waals surface area contributed by atoms with Crippen LogP contribution in [0.1, 0.15) is 74.0 Å². The van der Waals surface area contributed by atoms with Crippen molar-refractivity contribution in [2.75, 3.05) is 6.54 Å². The Hall–Kier alpha value is -2.69. The summed E-state index contributed by atoms with van der Waals surface area (Å²) in [6.07, 6.45) is -2.49. The highest BCUT2D eigenvalue weighted by molar-refractivity contribution is 5.95. The fraction of sp³-hybridized carbons (Fsp3) is 0.615. The van der Waals surface area contributed by atoms with Crippen molar-refractivity contribution in [3.05, 3.63) is 35.0 Å². The SMILES string of the molecule is CCn1nc(C(=O)NCC2(O)CCC(C)CC2)c(C)c1-c1ccc(CCCC(F)(F)F)cc1OC(F)F. The van der Waals surface area contributed by atoms with Crippen LogP contribution in [-0.4, -0.2) is 45.7 Å². The van der Waals surface area contributed by atoms with E-state index in [4.69, 9.17) is 4.74 Å². The summed E-state index contributed by atoms with van der Waals surface area (Å²) in [7, 11) is 0. The summed E-state index contributed by atoms with van der Waals surface area (Å²) in [6.45, 7) is 2.81. The van der Waals surface area contributed by atoms with Gasteiger partial charge < -0.3 is 15.2 Å². The Labute approximate surface area is 213 Å². The summed E-state index contributed by atoms with van der Waals surface area (Å²) in [5, 5.41) is 17.9. The van der Waals surface area contributed by atoms with Gasteiger partial charge in [-0.15, -0.1) is 0 Å². The molecule has 0 atom stereocenters. The summed E-state index contributed by atoms with van der Waals surface area (Å²) in [5.74, 6) is -0.158. The second kappa shape index (κ2) is 11.8. The maximum Gasteiger partial charge on any atom is 0.389 e. The Morgan fingerprint density at radius 1 is 1.30 bits per heavy atom. The van der Waals surface area contributed by atoms with Gasteiger partial charge >= 0.3 is 12.8 Å². The van der Waals surface area contributed by atoms with Crippen molar-refractivity contribution in [3.63, 3.8) is 0 Å². The average molecular weight is 532 g/mol. The number of alkyl halides is 5. The van der Waals surface area contributed by atoms with Crippen LogP contribution in [-0.2, 0) is 13.0 Å². The molecule has 1 fully saturated rings. The highest BCUT2D eigenvalue weighted by Crippen LogP contribution is 2.36. The first-order valence-corrected chi connectivity index (χ1v) is 12.5. The van der Waals surface area contributed by atoms with Gasteiger partial charge in [0.2, 0.25) is 0 Å². The van der Waals surface area contributed by atoms with Gasteiger partial charge in [0.05, 0.1) is 11.3 Å². The molecule has 3 rings (SSSR count). The van der Waals surface area contributed by atoms with E-state index in [-0.39, 0.29) is 36.4 Å². The normalized spacial score (nSPS) is 20.3. The Balaban J connectivity index is 1.86. The van der Waals surface area contributed by atoms with Crippen molar-refractivity contribution in [1.82, 2.24) is 15.1 Å². The molecule has 1 saturated carbocycles. The Morgan fingerprint density at radius 2 is 1.97 bits per heavy atom. The molecule has 0 saturated heterocycles. The number of hydrogen-bond donors (Lipinski definition) is 2. The van der Waals surface area contributed by atoms with Gasteiger partial charge in [0.1, 0.15) is 5.75 Å². The molecular weight excluding hydrogens is 497 g/mol. The molecular formula is C26H34F5N3O3. The third-order valence-electron chi connectivity index (χ3n) is 6.93. The largest absolute Gasteiger partial charge is 0.434 e. The minimum atomic E-state index is -4.30. The lowest BCUT2D eigenvalue weighted by atomic mass is 9.79. The van der Waals surface area contributed by atoms with Crippen molar-refractivity contribution < 1.29 is 36.6 Å². The third-order valence-corrected chi connectivity index (χ3v) is 6.93. The summed E-state index contributed by atoms with van der Waals surface area (Å²) in [4.78, 5) is 13.0. The van der Waals surface area contributed by atoms with E-state index in [0.29, 0.717) is 42.1 Å². The standard InChI is InChI=1S/C26H34F5N3O3/c1-4-34-22(17(3)21(33-34)23(35)32-15-25(36)12-9-16(2)10-13-25)19-8-7-18(6-5-11-26(29,30)31)14-20(19)37-24(27)28/h7-8,14,16,24,36H,4-6,9-13,15H2,1-3H3,(H,32,35). The minimum absolute atomic E-state index is 0.0424. The number of nitrogens with zero attached hydrogens (tertiary/aromatic N) is 2. The second-order valence-electron chi connectivity index (χ2n) is 9.91. The van der Waals surface area contributed by atoms with Crippen LogP contribution in [0.15, 0.2) is 18.2 Å². The second-order valence-corrected chi connectivity index (χ2v) is 9.91. The molecule has 11 heteroatoms. The van der Waals surface area contributed by atoms with Crippen molar-refractivity contribution in [3.8, 4) is 17.0 Å². The first-order chi connectivity index (χ1) is 17.3. The molecule has 1 aliphatic carbocycles. The number of aromatic nitrogens is 2. The molecule has 1 heterocycles. The molecule has 2 N–H and O–H groups in total. The lowest BCUT2D eigenvalue weighted by Crippen LogP contribution is -2.45. The molecule has 1 amide bonds. The average Bonchev–Trinajstić information content (AvgIpc) is 3.15. The van der Waals surface area contributed by atoms with Crippen LogP contribution in [0.25, 0.3) is 11.3 Å². The third kappa shape index (κ3) is 7.66. The number of amides is 1. The summed E-state index contributed by atoms with van der Waals surface area (Å²) >= 11 is 0. The van der Waals surface area contributed by atoms with Crippen LogP contribution in [0.4, 0.5) is 22.0 Å². The van der Waals surface area contributed by atoms with Crippen LogP contribution in [0.2, 0.25) is 0 Å². The molecule has 206 valence electrons. The monoisotopic (exact) mass is 531 g/mol. The number of hydrogen-bond acceptors (Lipinski definition) is 4. The molecule has 6 nitrogen and oxygen atoms in total. The number of nitrogens with one attached hydrogen (secondary N) is 1. The molecule has 0 spiro atoms. The quantitative estimate of drug-likeness (QED) is 0.367. The van der Waals surface area contributed by atoms with Crippen molar-refractivity contribution in [2.24, 2.45) is 5.92 Å². The summed E-state index contributed by atoms with van der Waals surface area (Å²) in [6, 6.07) is 4.38. The van der Waals surface area contributed by atoms with Crippen LogP contribution in [0.3, 0.4) is 0 Å². The van der Waals surface area contributed by atoms with E-state index >= 15 is 0 Å². The minimum Gasteiger partial charge on any atom is -0.434 e. The first kappa shape index (κ1) is 28.9. The predicted octanol–water partition coefficient (Wildman–Crippen LogP) is 6.04. The van der Waals surface area contributed by atoms with E-state index in [1.54, 1.807) is 19.9 Å². The molecule has 0 radical (unpaired) electrons. The highest BCUT2D eigenvalue weighted by Gasteiger charge is 2.33. The van der Waals surface area contributed by atoms with Crippen LogP contribution in [0, 0.1) is 12.8 Å². The Morgan fingerprint density at radius 3 is 2.57 bits per heavy atom. The van der Waals surface area contributed by atoms with Crippen molar-refractivity contribution >= 4 is 5.91 Å². The summed E-state index contributed by atoms with van der Waals surface area (Å²) in [5.41, 5.74) is 0.638. The number of aryl methyl sites for hydroxylation is 2. The lowest BCUT2D eigenvalue weighted by Gasteiger charge is -2.34. The molecule has 0 unspecified atom stereocenters. The van der Waals surface area contributed by atoms with Crippen molar-refractivity contribution in [1.29, 1.82) is 0 Å². The fourth-order valence-corrected chi connectivity index (χ4v) is 4.75. The van der Waals surface area contributed by atoms with Gasteiger partial charge in [-0.25, -0.2) is 0 Å². The number of aliphatic hydroxyl groups is 1. The first-order valence-electron chi connectivity index (χ1n) is 12.5. The topological polar surface area (TPSA) is 76.4 Å². The van der Waals surface area contributed by atoms with Gasteiger partial charge in [-0.05, 0) is 76.0 Å².